The molecule has 4 rings (SSSR count). The van der Waals surface area contributed by atoms with Gasteiger partial charge in [0.05, 0.1) is 5.56 Å². The van der Waals surface area contributed by atoms with E-state index in [4.69, 9.17) is 4.74 Å². The van der Waals surface area contributed by atoms with E-state index in [1.54, 1.807) is 0 Å². The highest BCUT2D eigenvalue weighted by molar-refractivity contribution is 6.03. The standard InChI is InChI=1S/C23H26N2O2.ClH/c1-3-25(4-2)13-14-27-23(26)17-10-11-20-19(15-17)22-18-8-6-5-7-16(18)9-12-21(22)24-20;/h5-8,10-11,15,24H,3-4,9,12-14H2,1-2H3;1H. The molecule has 1 aromatic heterocycles. The predicted molar refractivity (Wildman–Crippen MR) is 116 cm³/mol. The first kappa shape index (κ1) is 20.4. The number of aromatic nitrogens is 1. The van der Waals surface area contributed by atoms with Gasteiger partial charge < -0.3 is 14.6 Å². The first-order chi connectivity index (χ1) is 13.2. The van der Waals surface area contributed by atoms with E-state index in [9.17, 15) is 4.79 Å². The van der Waals surface area contributed by atoms with Crippen LogP contribution >= 0.6 is 12.4 Å². The fourth-order valence-electron chi connectivity index (χ4n) is 4.00. The summed E-state index contributed by atoms with van der Waals surface area (Å²) in [5.41, 5.74) is 6.85. The molecule has 5 heteroatoms. The third-order valence-corrected chi connectivity index (χ3v) is 5.58. The fourth-order valence-corrected chi connectivity index (χ4v) is 4.00. The smallest absolute Gasteiger partial charge is 0.338 e. The number of aromatic amines is 1. The van der Waals surface area contributed by atoms with E-state index in [-0.39, 0.29) is 18.4 Å². The Labute approximate surface area is 172 Å². The predicted octanol–water partition coefficient (Wildman–Crippen LogP) is 4.85. The number of nitrogens with zero attached hydrogens (tertiary/aromatic N) is 1. The summed E-state index contributed by atoms with van der Waals surface area (Å²) >= 11 is 0. The number of H-pyrrole nitrogens is 1. The molecule has 0 atom stereocenters. The molecule has 3 aromatic rings. The van der Waals surface area contributed by atoms with Crippen LogP contribution in [0.15, 0.2) is 42.5 Å². The van der Waals surface area contributed by atoms with Crippen LogP contribution in [0.4, 0.5) is 0 Å². The van der Waals surface area contributed by atoms with Crippen LogP contribution in [0.25, 0.3) is 22.0 Å². The molecule has 0 amide bonds. The molecule has 1 aliphatic rings. The van der Waals surface area contributed by atoms with Crippen molar-refractivity contribution >= 4 is 29.3 Å². The van der Waals surface area contributed by atoms with Crippen molar-refractivity contribution < 1.29 is 9.53 Å². The molecule has 0 spiro atoms. The van der Waals surface area contributed by atoms with Crippen molar-refractivity contribution in [3.63, 3.8) is 0 Å². The Hall–Kier alpha value is -2.30. The third-order valence-electron chi connectivity index (χ3n) is 5.58. The van der Waals surface area contributed by atoms with E-state index in [1.807, 2.05) is 18.2 Å². The van der Waals surface area contributed by atoms with Gasteiger partial charge >= 0.3 is 5.97 Å². The molecule has 0 unspecified atom stereocenters. The number of esters is 1. The quantitative estimate of drug-likeness (QED) is 0.603. The molecule has 1 N–H and O–H groups in total. The lowest BCUT2D eigenvalue weighted by atomic mass is 9.88. The van der Waals surface area contributed by atoms with Crippen LogP contribution in [0.2, 0.25) is 0 Å². The molecule has 4 nitrogen and oxygen atoms in total. The minimum Gasteiger partial charge on any atom is -0.461 e. The van der Waals surface area contributed by atoms with Gasteiger partial charge in [-0.25, -0.2) is 4.79 Å². The first-order valence-electron chi connectivity index (χ1n) is 9.83. The lowest BCUT2D eigenvalue weighted by Crippen LogP contribution is -2.27. The topological polar surface area (TPSA) is 45.3 Å². The number of likely N-dealkylation sites (N-methyl/N-ethyl adjacent to an activating group) is 1. The zero-order valence-electron chi connectivity index (χ0n) is 16.5. The van der Waals surface area contributed by atoms with Gasteiger partial charge in [-0.1, -0.05) is 38.1 Å². The van der Waals surface area contributed by atoms with E-state index < -0.39 is 0 Å². The summed E-state index contributed by atoms with van der Waals surface area (Å²) in [6.45, 7) is 7.36. The highest BCUT2D eigenvalue weighted by atomic mass is 35.5. The average Bonchev–Trinajstić information content (AvgIpc) is 3.09. The molecule has 0 aliphatic heterocycles. The molecule has 0 bridgehead atoms. The number of halogens is 1. The minimum absolute atomic E-state index is 0. The zero-order valence-corrected chi connectivity index (χ0v) is 17.3. The van der Waals surface area contributed by atoms with Crippen molar-refractivity contribution in [2.75, 3.05) is 26.2 Å². The number of carbonyl (C=O) groups excluding carboxylic acids is 1. The number of aryl methyl sites for hydroxylation is 2. The molecule has 0 fully saturated rings. The number of ether oxygens (including phenoxy) is 1. The van der Waals surface area contributed by atoms with E-state index >= 15 is 0 Å². The monoisotopic (exact) mass is 398 g/mol. The summed E-state index contributed by atoms with van der Waals surface area (Å²) < 4.78 is 5.51. The zero-order chi connectivity index (χ0) is 18.8. The van der Waals surface area contributed by atoms with Gasteiger partial charge in [0, 0.05) is 28.7 Å². The lowest BCUT2D eigenvalue weighted by Gasteiger charge is -2.17. The van der Waals surface area contributed by atoms with Gasteiger partial charge in [0.2, 0.25) is 0 Å². The number of nitrogens with one attached hydrogen (secondary N) is 1. The molecule has 28 heavy (non-hydrogen) atoms. The Morgan fingerprint density at radius 1 is 1.11 bits per heavy atom. The molecule has 1 heterocycles. The van der Waals surface area contributed by atoms with Crippen LogP contribution in [-0.4, -0.2) is 42.1 Å². The van der Waals surface area contributed by atoms with E-state index in [0.717, 1.165) is 43.4 Å². The Morgan fingerprint density at radius 3 is 2.68 bits per heavy atom. The summed E-state index contributed by atoms with van der Waals surface area (Å²) in [6.07, 6.45) is 2.06. The fraction of sp³-hybridized carbons (Fsp3) is 0.348. The Morgan fingerprint density at radius 2 is 1.89 bits per heavy atom. The van der Waals surface area contributed by atoms with Gasteiger partial charge in [0.15, 0.2) is 0 Å². The van der Waals surface area contributed by atoms with Crippen molar-refractivity contribution in [1.29, 1.82) is 0 Å². The van der Waals surface area contributed by atoms with Crippen LogP contribution in [0.3, 0.4) is 0 Å². The molecule has 148 valence electrons. The van der Waals surface area contributed by atoms with Gasteiger partial charge in [-0.15, -0.1) is 12.4 Å². The van der Waals surface area contributed by atoms with Gasteiger partial charge in [-0.2, -0.15) is 0 Å². The molecule has 1 aliphatic carbocycles. The lowest BCUT2D eigenvalue weighted by molar-refractivity contribution is 0.0466. The second-order valence-electron chi connectivity index (χ2n) is 7.06. The molecular formula is C23H27ClN2O2. The highest BCUT2D eigenvalue weighted by Gasteiger charge is 2.21. The van der Waals surface area contributed by atoms with Crippen molar-refractivity contribution in [3.05, 3.63) is 59.3 Å². The van der Waals surface area contributed by atoms with Gasteiger partial charge in [0.1, 0.15) is 6.61 Å². The Kier molecular flexibility index (Phi) is 6.42. The first-order valence-corrected chi connectivity index (χ1v) is 9.83. The summed E-state index contributed by atoms with van der Waals surface area (Å²) in [4.78, 5) is 18.3. The van der Waals surface area contributed by atoms with E-state index in [1.165, 1.54) is 22.4 Å². The number of rotatable bonds is 6. The number of benzene rings is 2. The van der Waals surface area contributed by atoms with Crippen LogP contribution in [0.5, 0.6) is 0 Å². The van der Waals surface area contributed by atoms with Crippen molar-refractivity contribution in [2.45, 2.75) is 26.7 Å². The normalized spacial score (nSPS) is 12.4. The summed E-state index contributed by atoms with van der Waals surface area (Å²) in [6, 6.07) is 14.4. The Balaban J connectivity index is 0.00000225. The Bertz CT molecular complexity index is 976. The van der Waals surface area contributed by atoms with Crippen LogP contribution in [-0.2, 0) is 17.6 Å². The average molecular weight is 399 g/mol. The van der Waals surface area contributed by atoms with Crippen molar-refractivity contribution in [1.82, 2.24) is 9.88 Å². The third kappa shape index (κ3) is 3.80. The number of hydrogen-bond acceptors (Lipinski definition) is 3. The van der Waals surface area contributed by atoms with Gasteiger partial charge in [-0.05, 0) is 55.3 Å². The molecule has 0 radical (unpaired) electrons. The minimum atomic E-state index is -0.247. The maximum Gasteiger partial charge on any atom is 0.338 e. The van der Waals surface area contributed by atoms with Crippen LogP contribution in [0.1, 0.15) is 35.5 Å². The molecule has 0 saturated heterocycles. The maximum atomic E-state index is 12.5. The van der Waals surface area contributed by atoms with Crippen LogP contribution in [0, 0.1) is 0 Å². The second kappa shape index (κ2) is 8.80. The van der Waals surface area contributed by atoms with Gasteiger partial charge in [0.25, 0.3) is 0 Å². The number of carbonyl (C=O) groups is 1. The van der Waals surface area contributed by atoms with E-state index in [2.05, 4.69) is 48.0 Å². The molecular weight excluding hydrogens is 372 g/mol. The SMILES string of the molecule is CCN(CC)CCOC(=O)c1ccc2[nH]c3c(c2c1)-c1ccccc1CC3.Cl. The molecule has 0 saturated carbocycles. The number of fused-ring (bicyclic) bond motifs is 5. The summed E-state index contributed by atoms with van der Waals surface area (Å²) in [5, 5.41) is 1.11. The van der Waals surface area contributed by atoms with Crippen molar-refractivity contribution in [2.24, 2.45) is 0 Å². The number of hydrogen-bond donors (Lipinski definition) is 1. The second-order valence-corrected chi connectivity index (χ2v) is 7.06. The van der Waals surface area contributed by atoms with Crippen molar-refractivity contribution in [3.8, 4) is 11.1 Å². The largest absolute Gasteiger partial charge is 0.461 e. The van der Waals surface area contributed by atoms with Gasteiger partial charge in [-0.3, -0.25) is 0 Å². The highest BCUT2D eigenvalue weighted by Crippen LogP contribution is 2.39. The summed E-state index contributed by atoms with van der Waals surface area (Å²) in [7, 11) is 0. The molecule has 2 aromatic carbocycles. The summed E-state index contributed by atoms with van der Waals surface area (Å²) in [5.74, 6) is -0.247. The van der Waals surface area contributed by atoms with E-state index in [0.29, 0.717) is 12.2 Å². The van der Waals surface area contributed by atoms with Crippen LogP contribution < -0.4 is 0 Å². The maximum absolute atomic E-state index is 12.5.